The van der Waals surface area contributed by atoms with E-state index >= 15 is 0 Å². The summed E-state index contributed by atoms with van der Waals surface area (Å²) in [5, 5.41) is 12.4. The third kappa shape index (κ3) is 4.64. The van der Waals surface area contributed by atoms with Gasteiger partial charge in [0.15, 0.2) is 0 Å². The van der Waals surface area contributed by atoms with Crippen molar-refractivity contribution in [3.05, 3.63) is 34.9 Å². The van der Waals surface area contributed by atoms with Crippen LogP contribution >= 0.6 is 24.8 Å². The average molecular weight is 316 g/mol. The topological polar surface area (TPSA) is 39.1 Å². The number of rotatable bonds is 3. The van der Waals surface area contributed by atoms with E-state index in [1.54, 1.807) is 0 Å². The third-order valence-corrected chi connectivity index (χ3v) is 3.79. The van der Waals surface area contributed by atoms with E-state index in [1.807, 2.05) is 0 Å². The van der Waals surface area contributed by atoms with Crippen LogP contribution in [0.2, 0.25) is 0 Å². The number of benzene rings is 1. The van der Waals surface area contributed by atoms with Crippen molar-refractivity contribution in [2.45, 2.75) is 26.3 Å². The molecule has 0 spiro atoms. The minimum Gasteiger partial charge on any atom is -0.314 e. The molecule has 20 heavy (non-hydrogen) atoms. The van der Waals surface area contributed by atoms with E-state index in [2.05, 4.69) is 48.3 Å². The van der Waals surface area contributed by atoms with E-state index in [4.69, 9.17) is 5.26 Å². The van der Waals surface area contributed by atoms with Gasteiger partial charge in [-0.05, 0) is 30.5 Å². The first-order valence-corrected chi connectivity index (χ1v) is 6.61. The Labute approximate surface area is 134 Å². The Kier molecular flexibility index (Phi) is 8.84. The molecule has 0 aromatic heterocycles. The molecule has 0 radical (unpaired) electrons. The number of aryl methyl sites for hydroxylation is 2. The van der Waals surface area contributed by atoms with Crippen LogP contribution in [0.25, 0.3) is 0 Å². The molecule has 3 nitrogen and oxygen atoms in total. The lowest BCUT2D eigenvalue weighted by atomic mass is 9.97. The van der Waals surface area contributed by atoms with E-state index in [0.29, 0.717) is 6.42 Å². The molecule has 2 rings (SSSR count). The second-order valence-corrected chi connectivity index (χ2v) is 5.01. The van der Waals surface area contributed by atoms with Crippen LogP contribution < -0.4 is 5.32 Å². The molecule has 0 bridgehead atoms. The van der Waals surface area contributed by atoms with Crippen molar-refractivity contribution in [1.29, 1.82) is 5.26 Å². The van der Waals surface area contributed by atoms with E-state index in [-0.39, 0.29) is 30.9 Å². The second kappa shape index (κ2) is 9.20. The molecular formula is C15H23Cl2N3. The highest BCUT2D eigenvalue weighted by molar-refractivity contribution is 5.85. The van der Waals surface area contributed by atoms with Crippen molar-refractivity contribution in [2.24, 2.45) is 0 Å². The largest absolute Gasteiger partial charge is 0.314 e. The molecule has 0 aliphatic carbocycles. The van der Waals surface area contributed by atoms with Gasteiger partial charge in [-0.2, -0.15) is 5.26 Å². The van der Waals surface area contributed by atoms with E-state index in [9.17, 15) is 0 Å². The van der Waals surface area contributed by atoms with Gasteiger partial charge in [-0.3, -0.25) is 4.90 Å². The summed E-state index contributed by atoms with van der Waals surface area (Å²) in [7, 11) is 0. The summed E-state index contributed by atoms with van der Waals surface area (Å²) in [4.78, 5) is 2.42. The van der Waals surface area contributed by atoms with Crippen LogP contribution in [-0.2, 0) is 0 Å². The van der Waals surface area contributed by atoms with Gasteiger partial charge in [0.05, 0.1) is 12.5 Å². The Hall–Kier alpha value is -0.790. The molecule has 1 fully saturated rings. The summed E-state index contributed by atoms with van der Waals surface area (Å²) in [6.45, 7) is 8.36. The first kappa shape index (κ1) is 19.2. The van der Waals surface area contributed by atoms with Crippen molar-refractivity contribution in [2.75, 3.05) is 26.2 Å². The number of nitrogens with zero attached hydrogens (tertiary/aromatic N) is 2. The monoisotopic (exact) mass is 315 g/mol. The van der Waals surface area contributed by atoms with Gasteiger partial charge in [-0.25, -0.2) is 0 Å². The average Bonchev–Trinajstić information content (AvgIpc) is 2.40. The predicted octanol–water partition coefficient (Wildman–Crippen LogP) is 3.01. The van der Waals surface area contributed by atoms with E-state index in [0.717, 1.165) is 26.2 Å². The maximum Gasteiger partial charge on any atom is 0.0641 e. The molecule has 1 saturated heterocycles. The van der Waals surface area contributed by atoms with Crippen LogP contribution in [-0.4, -0.2) is 31.1 Å². The van der Waals surface area contributed by atoms with Gasteiger partial charge in [-0.1, -0.05) is 18.2 Å². The Bertz CT molecular complexity index is 451. The molecule has 1 heterocycles. The number of hydrogen-bond acceptors (Lipinski definition) is 3. The highest BCUT2D eigenvalue weighted by Crippen LogP contribution is 2.26. The fourth-order valence-corrected chi connectivity index (χ4v) is 2.51. The number of nitrogens with one attached hydrogen (secondary N) is 1. The van der Waals surface area contributed by atoms with Gasteiger partial charge in [0.2, 0.25) is 0 Å². The molecule has 5 heteroatoms. The lowest BCUT2D eigenvalue weighted by Crippen LogP contribution is -2.45. The van der Waals surface area contributed by atoms with Crippen LogP contribution in [0.1, 0.15) is 29.2 Å². The summed E-state index contributed by atoms with van der Waals surface area (Å²) >= 11 is 0. The molecule has 1 aliphatic heterocycles. The van der Waals surface area contributed by atoms with Gasteiger partial charge in [0, 0.05) is 32.2 Å². The van der Waals surface area contributed by atoms with Gasteiger partial charge in [0.25, 0.3) is 0 Å². The smallest absolute Gasteiger partial charge is 0.0641 e. The zero-order chi connectivity index (χ0) is 13.0. The minimum absolute atomic E-state index is 0. The van der Waals surface area contributed by atoms with Crippen LogP contribution in [0.3, 0.4) is 0 Å². The Morgan fingerprint density at radius 3 is 2.40 bits per heavy atom. The number of hydrogen-bond donors (Lipinski definition) is 1. The number of halogens is 2. The molecule has 0 unspecified atom stereocenters. The number of nitriles is 1. The molecule has 1 N–H and O–H groups in total. The third-order valence-electron chi connectivity index (χ3n) is 3.79. The summed E-state index contributed by atoms with van der Waals surface area (Å²) in [5.74, 6) is 0. The van der Waals surface area contributed by atoms with Gasteiger partial charge in [-0.15, -0.1) is 24.8 Å². The molecule has 1 aromatic rings. The first-order valence-electron chi connectivity index (χ1n) is 6.61. The normalized spacial score (nSPS) is 16.4. The maximum absolute atomic E-state index is 9.06. The quantitative estimate of drug-likeness (QED) is 0.932. The summed E-state index contributed by atoms with van der Waals surface area (Å²) in [5.41, 5.74) is 3.90. The standard InChI is InChI=1S/C15H21N3.2ClH/c1-12-3-4-14(11-13(12)2)15(5-6-16)18-9-7-17-8-10-18;;/h3-4,11,15,17H,5,7-10H2,1-2H3;2*1H/t15-;;/m1../s1. The maximum atomic E-state index is 9.06. The highest BCUT2D eigenvalue weighted by atomic mass is 35.5. The highest BCUT2D eigenvalue weighted by Gasteiger charge is 2.22. The molecule has 112 valence electrons. The van der Waals surface area contributed by atoms with Crippen molar-refractivity contribution < 1.29 is 0 Å². The van der Waals surface area contributed by atoms with Gasteiger partial charge < -0.3 is 5.32 Å². The van der Waals surface area contributed by atoms with E-state index < -0.39 is 0 Å². The summed E-state index contributed by atoms with van der Waals surface area (Å²) in [6.07, 6.45) is 0.572. The zero-order valence-electron chi connectivity index (χ0n) is 12.1. The summed E-state index contributed by atoms with van der Waals surface area (Å²) < 4.78 is 0. The predicted molar refractivity (Wildman–Crippen MR) is 87.8 cm³/mol. The lowest BCUT2D eigenvalue weighted by molar-refractivity contribution is 0.175. The second-order valence-electron chi connectivity index (χ2n) is 5.01. The lowest BCUT2D eigenvalue weighted by Gasteiger charge is -2.34. The first-order chi connectivity index (χ1) is 8.72. The Morgan fingerprint density at radius 1 is 1.20 bits per heavy atom. The Balaban J connectivity index is 0.00000180. The molecular weight excluding hydrogens is 293 g/mol. The van der Waals surface area contributed by atoms with Crippen LogP contribution in [0.5, 0.6) is 0 Å². The molecule has 1 aromatic carbocycles. The van der Waals surface area contributed by atoms with Gasteiger partial charge in [0.1, 0.15) is 0 Å². The van der Waals surface area contributed by atoms with Crippen LogP contribution in [0, 0.1) is 25.2 Å². The van der Waals surface area contributed by atoms with Crippen molar-refractivity contribution in [1.82, 2.24) is 10.2 Å². The van der Waals surface area contributed by atoms with E-state index in [1.165, 1.54) is 16.7 Å². The minimum atomic E-state index is 0. The zero-order valence-corrected chi connectivity index (χ0v) is 13.7. The molecule has 1 atom stereocenters. The van der Waals surface area contributed by atoms with Crippen molar-refractivity contribution >= 4 is 24.8 Å². The van der Waals surface area contributed by atoms with Crippen molar-refractivity contribution in [3.63, 3.8) is 0 Å². The van der Waals surface area contributed by atoms with Crippen molar-refractivity contribution in [3.8, 4) is 6.07 Å². The molecule has 1 aliphatic rings. The fraction of sp³-hybridized carbons (Fsp3) is 0.533. The van der Waals surface area contributed by atoms with Gasteiger partial charge >= 0.3 is 0 Å². The Morgan fingerprint density at radius 2 is 1.85 bits per heavy atom. The molecule has 0 amide bonds. The summed E-state index contributed by atoms with van der Waals surface area (Å²) in [6, 6.07) is 9.15. The SMILES string of the molecule is Cc1ccc([C@@H](CC#N)N2CCNCC2)cc1C.Cl.Cl. The van der Waals surface area contributed by atoms with Crippen LogP contribution in [0.15, 0.2) is 18.2 Å². The number of piperazine rings is 1. The molecule has 0 saturated carbocycles. The fourth-order valence-electron chi connectivity index (χ4n) is 2.51. The van der Waals surface area contributed by atoms with Crippen LogP contribution in [0.4, 0.5) is 0 Å².